The van der Waals surface area contributed by atoms with E-state index in [0.29, 0.717) is 5.56 Å². The summed E-state index contributed by atoms with van der Waals surface area (Å²) in [6.45, 7) is 0.0795. The van der Waals surface area contributed by atoms with Crippen molar-refractivity contribution in [2.75, 3.05) is 5.32 Å². The summed E-state index contributed by atoms with van der Waals surface area (Å²) in [5.41, 5.74) is -0.154. The molecule has 0 atom stereocenters. The molecule has 0 saturated heterocycles. The van der Waals surface area contributed by atoms with E-state index in [-0.39, 0.29) is 16.7 Å². The zero-order chi connectivity index (χ0) is 15.6. The molecule has 21 heavy (non-hydrogen) atoms. The molecule has 0 amide bonds. The van der Waals surface area contributed by atoms with Gasteiger partial charge in [0.2, 0.25) is 0 Å². The molecule has 0 heterocycles. The first-order valence-electron chi connectivity index (χ1n) is 5.82. The summed E-state index contributed by atoms with van der Waals surface area (Å²) in [6, 6.07) is 7.00. The quantitative estimate of drug-likeness (QED) is 0.722. The van der Waals surface area contributed by atoms with Gasteiger partial charge >= 0.3 is 6.18 Å². The molecule has 1 nitrogen and oxygen atoms in total. The number of benzene rings is 2. The monoisotopic (exact) mass is 365 g/mol. The van der Waals surface area contributed by atoms with Crippen molar-refractivity contribution >= 4 is 21.6 Å². The van der Waals surface area contributed by atoms with Gasteiger partial charge in [0.1, 0.15) is 0 Å². The van der Waals surface area contributed by atoms with Gasteiger partial charge in [-0.1, -0.05) is 22.0 Å². The maximum absolute atomic E-state index is 13.0. The maximum atomic E-state index is 13.0. The highest BCUT2D eigenvalue weighted by Gasteiger charge is 2.33. The van der Waals surface area contributed by atoms with Gasteiger partial charge in [-0.05, 0) is 35.9 Å². The molecule has 0 spiro atoms. The van der Waals surface area contributed by atoms with Crippen molar-refractivity contribution in [1.29, 1.82) is 0 Å². The Morgan fingerprint density at radius 3 is 2.29 bits per heavy atom. The van der Waals surface area contributed by atoms with Gasteiger partial charge in [-0.25, -0.2) is 8.78 Å². The molecule has 0 bridgehead atoms. The number of hydrogen-bond donors (Lipinski definition) is 1. The first kappa shape index (κ1) is 15.8. The SMILES string of the molecule is Fc1ccc(CNc2ccc(Br)c(C(F)(F)F)c2)cc1F. The average molecular weight is 366 g/mol. The molecule has 0 saturated carbocycles. The molecular formula is C14H9BrF5N. The number of hydrogen-bond acceptors (Lipinski definition) is 1. The minimum Gasteiger partial charge on any atom is -0.381 e. The van der Waals surface area contributed by atoms with Crippen LogP contribution in [0, 0.1) is 11.6 Å². The zero-order valence-electron chi connectivity index (χ0n) is 10.4. The van der Waals surface area contributed by atoms with Crippen LogP contribution in [-0.4, -0.2) is 0 Å². The maximum Gasteiger partial charge on any atom is 0.417 e. The van der Waals surface area contributed by atoms with Crippen LogP contribution in [0.5, 0.6) is 0 Å². The number of rotatable bonds is 3. The second kappa shape index (κ2) is 6.01. The number of halogens is 6. The van der Waals surface area contributed by atoms with Crippen LogP contribution in [-0.2, 0) is 12.7 Å². The molecule has 112 valence electrons. The Balaban J connectivity index is 2.15. The molecule has 7 heteroatoms. The molecule has 0 aromatic heterocycles. The largest absolute Gasteiger partial charge is 0.417 e. The van der Waals surface area contributed by atoms with Crippen LogP contribution in [0.25, 0.3) is 0 Å². The van der Waals surface area contributed by atoms with E-state index >= 15 is 0 Å². The van der Waals surface area contributed by atoms with Crippen LogP contribution in [0.2, 0.25) is 0 Å². The first-order valence-corrected chi connectivity index (χ1v) is 6.61. The lowest BCUT2D eigenvalue weighted by molar-refractivity contribution is -0.138. The van der Waals surface area contributed by atoms with Crippen LogP contribution in [0.4, 0.5) is 27.6 Å². The van der Waals surface area contributed by atoms with E-state index in [0.717, 1.165) is 18.2 Å². The van der Waals surface area contributed by atoms with Crippen LogP contribution >= 0.6 is 15.9 Å². The fourth-order valence-electron chi connectivity index (χ4n) is 1.71. The Hall–Kier alpha value is -1.63. The van der Waals surface area contributed by atoms with Crippen LogP contribution < -0.4 is 5.32 Å². The van der Waals surface area contributed by atoms with Crippen LogP contribution in [0.3, 0.4) is 0 Å². The Morgan fingerprint density at radius 1 is 0.952 bits per heavy atom. The summed E-state index contributed by atoms with van der Waals surface area (Å²) >= 11 is 2.84. The second-order valence-corrected chi connectivity index (χ2v) is 5.15. The van der Waals surface area contributed by atoms with Gasteiger partial charge in [0.25, 0.3) is 0 Å². The van der Waals surface area contributed by atoms with Gasteiger partial charge in [-0.15, -0.1) is 0 Å². The fourth-order valence-corrected chi connectivity index (χ4v) is 2.18. The smallest absolute Gasteiger partial charge is 0.381 e. The highest BCUT2D eigenvalue weighted by Crippen LogP contribution is 2.36. The topological polar surface area (TPSA) is 12.0 Å². The fraction of sp³-hybridized carbons (Fsp3) is 0.143. The predicted octanol–water partition coefficient (Wildman–Crippen LogP) is 5.36. The van der Waals surface area contributed by atoms with E-state index in [1.807, 2.05) is 0 Å². The van der Waals surface area contributed by atoms with Crippen LogP contribution in [0.1, 0.15) is 11.1 Å². The molecule has 0 fully saturated rings. The minimum atomic E-state index is -4.47. The lowest BCUT2D eigenvalue weighted by atomic mass is 10.1. The van der Waals surface area contributed by atoms with E-state index in [1.165, 1.54) is 18.2 Å². The molecule has 0 aliphatic rings. The summed E-state index contributed by atoms with van der Waals surface area (Å²) < 4.78 is 63.9. The molecule has 0 radical (unpaired) electrons. The molecule has 2 aromatic carbocycles. The van der Waals surface area contributed by atoms with Gasteiger partial charge in [0.05, 0.1) is 5.56 Å². The van der Waals surface area contributed by atoms with E-state index in [4.69, 9.17) is 0 Å². The van der Waals surface area contributed by atoms with Crippen molar-refractivity contribution < 1.29 is 22.0 Å². The van der Waals surface area contributed by atoms with Crippen molar-refractivity contribution in [2.45, 2.75) is 12.7 Å². The summed E-state index contributed by atoms with van der Waals surface area (Å²) in [4.78, 5) is 0. The third kappa shape index (κ3) is 3.93. The summed E-state index contributed by atoms with van der Waals surface area (Å²) in [7, 11) is 0. The molecular weight excluding hydrogens is 357 g/mol. The van der Waals surface area contributed by atoms with Crippen molar-refractivity contribution in [3.63, 3.8) is 0 Å². The Bertz CT molecular complexity index is 654. The van der Waals surface area contributed by atoms with Crippen molar-refractivity contribution in [2.24, 2.45) is 0 Å². The molecule has 0 unspecified atom stereocenters. The zero-order valence-corrected chi connectivity index (χ0v) is 12.0. The number of alkyl halides is 3. The van der Waals surface area contributed by atoms with Gasteiger partial charge < -0.3 is 5.32 Å². The summed E-state index contributed by atoms with van der Waals surface area (Å²) in [5.74, 6) is -1.97. The second-order valence-electron chi connectivity index (χ2n) is 4.29. The van der Waals surface area contributed by atoms with Gasteiger partial charge in [0, 0.05) is 16.7 Å². The highest BCUT2D eigenvalue weighted by atomic mass is 79.9. The van der Waals surface area contributed by atoms with E-state index in [1.54, 1.807) is 0 Å². The number of nitrogens with one attached hydrogen (secondary N) is 1. The number of anilines is 1. The van der Waals surface area contributed by atoms with Gasteiger partial charge in [0.15, 0.2) is 11.6 Å². The van der Waals surface area contributed by atoms with Gasteiger partial charge in [-0.3, -0.25) is 0 Å². The average Bonchev–Trinajstić information content (AvgIpc) is 2.40. The predicted molar refractivity (Wildman–Crippen MR) is 72.8 cm³/mol. The third-order valence-electron chi connectivity index (χ3n) is 2.75. The van der Waals surface area contributed by atoms with Crippen molar-refractivity contribution in [3.8, 4) is 0 Å². The molecule has 1 N–H and O–H groups in total. The van der Waals surface area contributed by atoms with Crippen LogP contribution in [0.15, 0.2) is 40.9 Å². The normalized spacial score (nSPS) is 11.5. The molecule has 2 aromatic rings. The summed E-state index contributed by atoms with van der Waals surface area (Å²) in [6.07, 6.45) is -4.47. The van der Waals surface area contributed by atoms with Gasteiger partial charge in [-0.2, -0.15) is 13.2 Å². The standard InChI is InChI=1S/C14H9BrF5N/c15-11-3-2-9(6-10(11)14(18,19)20)21-7-8-1-4-12(16)13(17)5-8/h1-6,21H,7H2. The minimum absolute atomic E-state index is 0.0617. The molecule has 0 aliphatic heterocycles. The Morgan fingerprint density at radius 2 is 1.67 bits per heavy atom. The van der Waals surface area contributed by atoms with Crippen molar-refractivity contribution in [1.82, 2.24) is 0 Å². The highest BCUT2D eigenvalue weighted by molar-refractivity contribution is 9.10. The lowest BCUT2D eigenvalue weighted by Gasteiger charge is -2.12. The van der Waals surface area contributed by atoms with E-state index in [9.17, 15) is 22.0 Å². The van der Waals surface area contributed by atoms with Crippen molar-refractivity contribution in [3.05, 3.63) is 63.6 Å². The molecule has 0 aliphatic carbocycles. The van der Waals surface area contributed by atoms with E-state index < -0.39 is 23.4 Å². The first-order chi connectivity index (χ1) is 9.77. The third-order valence-corrected chi connectivity index (χ3v) is 3.44. The Labute approximate surface area is 125 Å². The summed E-state index contributed by atoms with van der Waals surface area (Å²) in [5, 5.41) is 2.74. The molecule has 2 rings (SSSR count). The Kier molecular flexibility index (Phi) is 4.51. The lowest BCUT2D eigenvalue weighted by Crippen LogP contribution is -2.08. The van der Waals surface area contributed by atoms with E-state index in [2.05, 4.69) is 21.2 Å².